The van der Waals surface area contributed by atoms with Gasteiger partial charge in [0, 0.05) is 43.2 Å². The SMILES string of the molecule is CCN(CC)S(=O)(=O)c1cccc(C(=O)Nc2ccc3c(c2)OC2(CCCCC2)O3)c1. The number of rotatable bonds is 6. The highest BCUT2D eigenvalue weighted by molar-refractivity contribution is 7.89. The van der Waals surface area contributed by atoms with E-state index >= 15 is 0 Å². The van der Waals surface area contributed by atoms with E-state index in [2.05, 4.69) is 5.32 Å². The molecule has 1 amide bonds. The maximum atomic E-state index is 12.8. The minimum Gasteiger partial charge on any atom is -0.448 e. The Labute approximate surface area is 183 Å². The highest BCUT2D eigenvalue weighted by atomic mass is 32.2. The number of sulfonamides is 1. The van der Waals surface area contributed by atoms with Crippen molar-refractivity contribution in [3.8, 4) is 11.5 Å². The molecule has 1 aliphatic carbocycles. The summed E-state index contributed by atoms with van der Waals surface area (Å²) in [4.78, 5) is 12.9. The van der Waals surface area contributed by atoms with Crippen LogP contribution in [-0.2, 0) is 10.0 Å². The zero-order chi connectivity index (χ0) is 22.1. The lowest BCUT2D eigenvalue weighted by Crippen LogP contribution is -2.40. The number of nitrogens with zero attached hydrogens (tertiary/aromatic N) is 1. The summed E-state index contributed by atoms with van der Waals surface area (Å²) in [5.41, 5.74) is 0.840. The van der Waals surface area contributed by atoms with Crippen LogP contribution in [0.25, 0.3) is 0 Å². The van der Waals surface area contributed by atoms with Gasteiger partial charge in [0.25, 0.3) is 11.7 Å². The fourth-order valence-electron chi connectivity index (χ4n) is 4.18. The summed E-state index contributed by atoms with van der Waals surface area (Å²) in [6.45, 7) is 4.31. The highest BCUT2D eigenvalue weighted by Gasteiger charge is 2.42. The van der Waals surface area contributed by atoms with E-state index in [0.29, 0.717) is 30.3 Å². The summed E-state index contributed by atoms with van der Waals surface area (Å²) in [7, 11) is -3.64. The molecule has 31 heavy (non-hydrogen) atoms. The van der Waals surface area contributed by atoms with Crippen molar-refractivity contribution in [1.29, 1.82) is 0 Å². The molecule has 7 nitrogen and oxygen atoms in total. The molecule has 8 heteroatoms. The van der Waals surface area contributed by atoms with Crippen molar-refractivity contribution in [3.05, 3.63) is 48.0 Å². The van der Waals surface area contributed by atoms with Gasteiger partial charge in [0.2, 0.25) is 10.0 Å². The molecule has 1 spiro atoms. The van der Waals surface area contributed by atoms with E-state index < -0.39 is 15.8 Å². The van der Waals surface area contributed by atoms with E-state index in [1.54, 1.807) is 44.2 Å². The minimum atomic E-state index is -3.64. The normalized spacial score (nSPS) is 17.1. The first-order valence-corrected chi connectivity index (χ1v) is 12.2. The van der Waals surface area contributed by atoms with Crippen molar-refractivity contribution in [2.24, 2.45) is 0 Å². The lowest BCUT2D eigenvalue weighted by atomic mass is 9.94. The van der Waals surface area contributed by atoms with Crippen LogP contribution in [0.15, 0.2) is 47.4 Å². The molecule has 166 valence electrons. The van der Waals surface area contributed by atoms with Crippen LogP contribution in [-0.4, -0.2) is 37.5 Å². The topological polar surface area (TPSA) is 84.9 Å². The van der Waals surface area contributed by atoms with E-state index in [0.717, 1.165) is 25.7 Å². The number of hydrogen-bond acceptors (Lipinski definition) is 5. The molecule has 4 rings (SSSR count). The fourth-order valence-corrected chi connectivity index (χ4v) is 5.68. The second-order valence-electron chi connectivity index (χ2n) is 7.91. The van der Waals surface area contributed by atoms with Crippen molar-refractivity contribution >= 4 is 21.6 Å². The number of carbonyl (C=O) groups is 1. The van der Waals surface area contributed by atoms with Crippen LogP contribution in [0.2, 0.25) is 0 Å². The minimum absolute atomic E-state index is 0.105. The van der Waals surface area contributed by atoms with Crippen molar-refractivity contribution < 1.29 is 22.7 Å². The van der Waals surface area contributed by atoms with Gasteiger partial charge in [0.1, 0.15) is 0 Å². The Morgan fingerprint density at radius 2 is 1.71 bits per heavy atom. The Morgan fingerprint density at radius 1 is 1.00 bits per heavy atom. The van der Waals surface area contributed by atoms with Gasteiger partial charge in [-0.05, 0) is 43.2 Å². The summed E-state index contributed by atoms with van der Waals surface area (Å²) in [5.74, 6) is 0.351. The molecular weight excluding hydrogens is 416 g/mol. The van der Waals surface area contributed by atoms with Gasteiger partial charge >= 0.3 is 0 Å². The molecule has 0 atom stereocenters. The van der Waals surface area contributed by atoms with Crippen molar-refractivity contribution in [2.45, 2.75) is 56.6 Å². The Bertz CT molecular complexity index is 1070. The van der Waals surface area contributed by atoms with Gasteiger partial charge in [-0.3, -0.25) is 4.79 Å². The van der Waals surface area contributed by atoms with Gasteiger partial charge < -0.3 is 14.8 Å². The third-order valence-electron chi connectivity index (χ3n) is 5.85. The smallest absolute Gasteiger partial charge is 0.255 e. The summed E-state index contributed by atoms with van der Waals surface area (Å²) in [5, 5.41) is 2.83. The third kappa shape index (κ3) is 4.27. The lowest BCUT2D eigenvalue weighted by Gasteiger charge is -2.31. The van der Waals surface area contributed by atoms with Gasteiger partial charge in [-0.1, -0.05) is 26.3 Å². The summed E-state index contributed by atoms with van der Waals surface area (Å²) in [6, 6.07) is 11.4. The first-order valence-electron chi connectivity index (χ1n) is 10.8. The monoisotopic (exact) mass is 444 g/mol. The van der Waals surface area contributed by atoms with Gasteiger partial charge in [-0.2, -0.15) is 4.31 Å². The van der Waals surface area contributed by atoms with Gasteiger partial charge in [0.05, 0.1) is 4.90 Å². The second-order valence-corrected chi connectivity index (χ2v) is 9.85. The molecule has 2 aromatic rings. The van der Waals surface area contributed by atoms with Crippen molar-refractivity contribution in [2.75, 3.05) is 18.4 Å². The Kier molecular flexibility index (Phi) is 5.94. The lowest BCUT2D eigenvalue weighted by molar-refractivity contribution is -0.105. The standard InChI is InChI=1S/C23H28N2O5S/c1-3-25(4-2)31(27,28)19-10-8-9-17(15-19)22(26)24-18-11-12-20-21(16-18)30-23(29-20)13-6-5-7-14-23/h8-12,15-16H,3-7,13-14H2,1-2H3,(H,24,26). The third-order valence-corrected chi connectivity index (χ3v) is 7.89. The molecule has 0 bridgehead atoms. The van der Waals surface area contributed by atoms with Crippen molar-refractivity contribution in [1.82, 2.24) is 4.31 Å². The zero-order valence-electron chi connectivity index (χ0n) is 17.9. The predicted octanol–water partition coefficient (Wildman–Crippen LogP) is 4.40. The largest absolute Gasteiger partial charge is 0.448 e. The van der Waals surface area contributed by atoms with Crippen LogP contribution >= 0.6 is 0 Å². The number of amides is 1. The Morgan fingerprint density at radius 3 is 2.42 bits per heavy atom. The molecule has 1 fully saturated rings. The average molecular weight is 445 g/mol. The first kappa shape index (κ1) is 21.6. The van der Waals surface area contributed by atoms with E-state index in [1.165, 1.54) is 22.9 Å². The number of ether oxygens (including phenoxy) is 2. The first-order chi connectivity index (χ1) is 14.9. The molecule has 0 aromatic heterocycles. The molecule has 0 unspecified atom stereocenters. The number of carbonyl (C=O) groups excluding carboxylic acids is 1. The molecular formula is C23H28N2O5S. The summed E-state index contributed by atoms with van der Waals surface area (Å²) < 4.78 is 39.1. The van der Waals surface area contributed by atoms with Crippen LogP contribution < -0.4 is 14.8 Å². The van der Waals surface area contributed by atoms with E-state index in [9.17, 15) is 13.2 Å². The van der Waals surface area contributed by atoms with Gasteiger partial charge in [-0.25, -0.2) is 8.42 Å². The van der Waals surface area contributed by atoms with Crippen LogP contribution in [0.5, 0.6) is 11.5 Å². The molecule has 0 saturated heterocycles. The Hall–Kier alpha value is -2.58. The number of hydrogen-bond donors (Lipinski definition) is 1. The number of fused-ring (bicyclic) bond motifs is 1. The van der Waals surface area contributed by atoms with E-state index in [1.807, 2.05) is 0 Å². The van der Waals surface area contributed by atoms with Gasteiger partial charge in [0.15, 0.2) is 11.5 Å². The molecule has 1 N–H and O–H groups in total. The maximum absolute atomic E-state index is 12.8. The molecule has 2 aromatic carbocycles. The van der Waals surface area contributed by atoms with E-state index in [4.69, 9.17) is 9.47 Å². The predicted molar refractivity (Wildman–Crippen MR) is 118 cm³/mol. The van der Waals surface area contributed by atoms with Crippen molar-refractivity contribution in [3.63, 3.8) is 0 Å². The maximum Gasteiger partial charge on any atom is 0.255 e. The molecule has 2 aliphatic rings. The molecule has 0 radical (unpaired) electrons. The van der Waals surface area contributed by atoms with E-state index in [-0.39, 0.29) is 16.4 Å². The second kappa shape index (κ2) is 8.51. The fraction of sp³-hybridized carbons (Fsp3) is 0.435. The highest BCUT2D eigenvalue weighted by Crippen LogP contribution is 2.46. The summed E-state index contributed by atoms with van der Waals surface area (Å²) in [6.07, 6.45) is 5.05. The average Bonchev–Trinajstić information content (AvgIpc) is 3.11. The molecule has 1 saturated carbocycles. The van der Waals surface area contributed by atoms with Crippen LogP contribution in [0.3, 0.4) is 0 Å². The zero-order valence-corrected chi connectivity index (χ0v) is 18.7. The molecule has 1 aliphatic heterocycles. The van der Waals surface area contributed by atoms with Gasteiger partial charge in [-0.15, -0.1) is 0 Å². The quantitative estimate of drug-likeness (QED) is 0.714. The van der Waals surface area contributed by atoms with Crippen LogP contribution in [0.4, 0.5) is 5.69 Å². The number of nitrogens with one attached hydrogen (secondary N) is 1. The Balaban J connectivity index is 1.51. The number of anilines is 1. The van der Waals surface area contributed by atoms with Crippen LogP contribution in [0, 0.1) is 0 Å². The molecule has 1 heterocycles. The summed E-state index contributed by atoms with van der Waals surface area (Å²) >= 11 is 0. The number of benzene rings is 2. The van der Waals surface area contributed by atoms with Crippen LogP contribution in [0.1, 0.15) is 56.3 Å².